The molecule has 0 aliphatic carbocycles. The molecule has 2 aliphatic heterocycles. The van der Waals surface area contributed by atoms with Crippen molar-refractivity contribution in [1.82, 2.24) is 19.5 Å². The first-order valence-corrected chi connectivity index (χ1v) is 10.0. The van der Waals surface area contributed by atoms with Crippen LogP contribution in [0.25, 0.3) is 11.2 Å². The van der Waals surface area contributed by atoms with Crippen LogP contribution in [0.1, 0.15) is 12.6 Å². The van der Waals surface area contributed by atoms with Gasteiger partial charge in [0, 0.05) is 6.61 Å². The number of hydrogen-bond donors (Lipinski definition) is 3. The minimum absolute atomic E-state index is 0.0174. The maximum absolute atomic E-state index is 13.0. The van der Waals surface area contributed by atoms with E-state index in [9.17, 15) is 14.6 Å². The highest BCUT2D eigenvalue weighted by Gasteiger charge is 2.44. The highest BCUT2D eigenvalue weighted by molar-refractivity contribution is 5.82. The molecule has 1 unspecified atom stereocenters. The number of benzene rings is 1. The van der Waals surface area contributed by atoms with Crippen molar-refractivity contribution in [2.45, 2.75) is 37.0 Å². The number of rotatable bonds is 6. The number of nitrogens with zero attached hydrogens (tertiary/aromatic N) is 4. The molecular formula is C20H22FN5O5. The van der Waals surface area contributed by atoms with Gasteiger partial charge in [0.1, 0.15) is 42.8 Å². The normalized spacial score (nSPS) is 28.3. The van der Waals surface area contributed by atoms with Gasteiger partial charge in [0.05, 0.1) is 19.0 Å². The van der Waals surface area contributed by atoms with E-state index < -0.39 is 24.5 Å². The van der Waals surface area contributed by atoms with Crippen LogP contribution in [0.4, 0.5) is 10.2 Å². The van der Waals surface area contributed by atoms with Gasteiger partial charge in [-0.05, 0) is 30.7 Å². The molecule has 0 bridgehead atoms. The van der Waals surface area contributed by atoms with Crippen LogP contribution >= 0.6 is 0 Å². The zero-order valence-electron chi connectivity index (χ0n) is 16.5. The fourth-order valence-corrected chi connectivity index (χ4v) is 3.79. The summed E-state index contributed by atoms with van der Waals surface area (Å²) in [4.78, 5) is 12.9. The van der Waals surface area contributed by atoms with Crippen LogP contribution in [0.3, 0.4) is 0 Å². The summed E-state index contributed by atoms with van der Waals surface area (Å²) in [5.74, 6) is 0.634. The zero-order valence-corrected chi connectivity index (χ0v) is 16.5. The Kier molecular flexibility index (Phi) is 5.40. The largest absolute Gasteiger partial charge is 0.491 e. The quantitative estimate of drug-likeness (QED) is 0.521. The summed E-state index contributed by atoms with van der Waals surface area (Å²) in [5, 5.41) is 24.4. The van der Waals surface area contributed by atoms with E-state index in [-0.39, 0.29) is 18.5 Å². The lowest BCUT2D eigenvalue weighted by molar-refractivity contribution is -0.0474. The van der Waals surface area contributed by atoms with Gasteiger partial charge >= 0.3 is 0 Å². The van der Waals surface area contributed by atoms with E-state index in [1.165, 1.54) is 36.9 Å². The van der Waals surface area contributed by atoms with E-state index in [0.717, 1.165) is 6.42 Å². The third-order valence-electron chi connectivity index (χ3n) is 5.47. The first kappa shape index (κ1) is 20.1. The first-order valence-electron chi connectivity index (χ1n) is 10.0. The van der Waals surface area contributed by atoms with E-state index in [1.54, 1.807) is 4.57 Å². The second-order valence-electron chi connectivity index (χ2n) is 7.56. The molecule has 2 aliphatic rings. The van der Waals surface area contributed by atoms with Crippen LogP contribution in [0.15, 0.2) is 36.9 Å². The van der Waals surface area contributed by atoms with Gasteiger partial charge in [-0.3, -0.25) is 4.57 Å². The molecule has 5 atom stereocenters. The molecule has 0 spiro atoms. The van der Waals surface area contributed by atoms with E-state index in [0.29, 0.717) is 35.9 Å². The summed E-state index contributed by atoms with van der Waals surface area (Å²) in [6.07, 6.45) is -0.312. The van der Waals surface area contributed by atoms with Crippen molar-refractivity contribution >= 4 is 17.0 Å². The lowest BCUT2D eigenvalue weighted by Crippen LogP contribution is -2.34. The summed E-state index contributed by atoms with van der Waals surface area (Å²) in [6.45, 7) is 1.27. The molecule has 0 amide bonds. The average Bonchev–Trinajstić information content (AvgIpc) is 3.50. The Morgan fingerprint density at radius 1 is 1.16 bits per heavy atom. The van der Waals surface area contributed by atoms with Crippen molar-refractivity contribution in [2.75, 3.05) is 25.1 Å². The Morgan fingerprint density at radius 2 is 2.00 bits per heavy atom. The number of imidazole rings is 1. The van der Waals surface area contributed by atoms with Gasteiger partial charge in [-0.25, -0.2) is 19.3 Å². The molecule has 4 heterocycles. The van der Waals surface area contributed by atoms with E-state index >= 15 is 0 Å². The minimum Gasteiger partial charge on any atom is -0.491 e. The Hall–Kier alpha value is -2.86. The molecule has 0 saturated carbocycles. The van der Waals surface area contributed by atoms with Crippen molar-refractivity contribution in [3.8, 4) is 5.75 Å². The first-order chi connectivity index (χ1) is 15.1. The number of ether oxygens (including phenoxy) is 3. The van der Waals surface area contributed by atoms with Crippen LogP contribution in [-0.4, -0.2) is 73.9 Å². The van der Waals surface area contributed by atoms with Crippen LogP contribution < -0.4 is 10.1 Å². The zero-order chi connectivity index (χ0) is 21.4. The molecule has 3 aromatic rings. The molecule has 2 fully saturated rings. The number of nitrogens with one attached hydrogen (secondary N) is 1. The van der Waals surface area contributed by atoms with Crippen LogP contribution in [0.2, 0.25) is 0 Å². The molecule has 1 aromatic carbocycles. The maximum Gasteiger partial charge on any atom is 0.167 e. The molecule has 31 heavy (non-hydrogen) atoms. The summed E-state index contributed by atoms with van der Waals surface area (Å²) < 4.78 is 31.4. The Bertz CT molecular complexity index is 1040. The van der Waals surface area contributed by atoms with E-state index in [4.69, 9.17) is 14.2 Å². The number of hydrogen-bond acceptors (Lipinski definition) is 9. The summed E-state index contributed by atoms with van der Waals surface area (Å²) in [6, 6.07) is 5.66. The predicted octanol–water partition coefficient (Wildman–Crippen LogP) is 0.864. The van der Waals surface area contributed by atoms with E-state index in [1.807, 2.05) is 0 Å². The monoisotopic (exact) mass is 431 g/mol. The third-order valence-corrected chi connectivity index (χ3v) is 5.47. The van der Waals surface area contributed by atoms with E-state index in [2.05, 4.69) is 20.3 Å². The summed E-state index contributed by atoms with van der Waals surface area (Å²) in [7, 11) is 0. The van der Waals surface area contributed by atoms with Gasteiger partial charge in [0.2, 0.25) is 0 Å². The molecular weight excluding hydrogens is 409 g/mol. The average molecular weight is 431 g/mol. The molecule has 0 radical (unpaired) electrons. The molecule has 11 heteroatoms. The predicted molar refractivity (Wildman–Crippen MR) is 106 cm³/mol. The highest BCUT2D eigenvalue weighted by atomic mass is 19.1. The Labute approximate surface area is 176 Å². The lowest BCUT2D eigenvalue weighted by atomic mass is 10.1. The SMILES string of the molecule is O[C@@H]1[C@H](O)[C@@H](n2cnc3c(NC4CCOC4)ncnc32)O[C@H]1COc1ccc(F)cc1. The number of halogens is 1. The molecule has 2 saturated heterocycles. The molecule has 3 N–H and O–H groups in total. The molecule has 2 aromatic heterocycles. The number of aliphatic hydroxyl groups excluding tert-OH is 2. The smallest absolute Gasteiger partial charge is 0.167 e. The molecule has 164 valence electrons. The minimum atomic E-state index is -1.21. The third kappa shape index (κ3) is 3.92. The van der Waals surface area contributed by atoms with Crippen LogP contribution in [-0.2, 0) is 9.47 Å². The van der Waals surface area contributed by atoms with Gasteiger partial charge < -0.3 is 29.7 Å². The van der Waals surface area contributed by atoms with Crippen molar-refractivity contribution in [3.05, 3.63) is 42.7 Å². The number of anilines is 1. The molecule has 10 nitrogen and oxygen atoms in total. The maximum atomic E-state index is 13.0. The van der Waals surface area contributed by atoms with Gasteiger partial charge in [-0.1, -0.05) is 0 Å². The van der Waals surface area contributed by atoms with Crippen molar-refractivity contribution in [2.24, 2.45) is 0 Å². The number of aromatic nitrogens is 4. The van der Waals surface area contributed by atoms with Gasteiger partial charge in [0.25, 0.3) is 0 Å². The molecule has 5 rings (SSSR count). The van der Waals surface area contributed by atoms with Crippen LogP contribution in [0.5, 0.6) is 5.75 Å². The summed E-state index contributed by atoms with van der Waals surface area (Å²) >= 11 is 0. The fourth-order valence-electron chi connectivity index (χ4n) is 3.79. The van der Waals surface area contributed by atoms with Crippen molar-refractivity contribution < 1.29 is 28.8 Å². The van der Waals surface area contributed by atoms with Gasteiger partial charge in [-0.2, -0.15) is 0 Å². The number of fused-ring (bicyclic) bond motifs is 1. The fraction of sp³-hybridized carbons (Fsp3) is 0.450. The topological polar surface area (TPSA) is 124 Å². The summed E-state index contributed by atoms with van der Waals surface area (Å²) in [5.41, 5.74) is 0.999. The van der Waals surface area contributed by atoms with Gasteiger partial charge in [-0.15, -0.1) is 0 Å². The second-order valence-corrected chi connectivity index (χ2v) is 7.56. The number of aliphatic hydroxyl groups is 2. The second kappa shape index (κ2) is 8.35. The van der Waals surface area contributed by atoms with Crippen molar-refractivity contribution in [3.63, 3.8) is 0 Å². The Morgan fingerprint density at radius 3 is 2.77 bits per heavy atom. The standard InChI is InChI=1S/C20H22FN5O5/c21-11-1-3-13(4-2-11)30-8-14-16(27)17(28)20(31-14)26-10-24-15-18(22-9-23-19(15)26)25-12-5-6-29-7-12/h1-4,9-10,12,14,16-17,20,27-28H,5-8H2,(H,22,23,25)/t12?,14-,16-,17-,20-/m0/s1. The Balaban J connectivity index is 1.33. The lowest BCUT2D eigenvalue weighted by Gasteiger charge is -2.17. The van der Waals surface area contributed by atoms with Crippen LogP contribution in [0, 0.1) is 5.82 Å². The highest BCUT2D eigenvalue weighted by Crippen LogP contribution is 2.33. The van der Waals surface area contributed by atoms with Gasteiger partial charge in [0.15, 0.2) is 23.2 Å². The van der Waals surface area contributed by atoms with Crippen molar-refractivity contribution in [1.29, 1.82) is 0 Å².